The minimum absolute atomic E-state index is 0.0207. The lowest BCUT2D eigenvalue weighted by molar-refractivity contribution is -0.146. The summed E-state index contributed by atoms with van der Waals surface area (Å²) in [5.41, 5.74) is 3.56. The monoisotopic (exact) mass is 352 g/mol. The summed E-state index contributed by atoms with van der Waals surface area (Å²) >= 11 is 0. The number of aromatic nitrogens is 3. The second kappa shape index (κ2) is 6.94. The van der Waals surface area contributed by atoms with Crippen molar-refractivity contribution in [1.29, 1.82) is 0 Å². The zero-order valence-corrected chi connectivity index (χ0v) is 15.2. The third-order valence-corrected chi connectivity index (χ3v) is 5.23. The SMILES string of the molecule is CC1=C(C(=O)OC2CCCCC2)[C@H](c2ccc(C)cc2)n2ncnc2N1. The molecule has 2 aromatic rings. The molecule has 1 saturated carbocycles. The van der Waals surface area contributed by atoms with E-state index in [0.29, 0.717) is 11.5 Å². The zero-order valence-electron chi connectivity index (χ0n) is 15.2. The first-order chi connectivity index (χ1) is 12.6. The highest BCUT2D eigenvalue weighted by Gasteiger charge is 2.35. The Bertz CT molecular complexity index is 832. The Morgan fingerprint density at radius 3 is 2.62 bits per heavy atom. The average molecular weight is 352 g/mol. The molecule has 0 bridgehead atoms. The largest absolute Gasteiger partial charge is 0.459 e. The van der Waals surface area contributed by atoms with Gasteiger partial charge in [-0.3, -0.25) is 0 Å². The number of nitrogens with one attached hydrogen (secondary N) is 1. The molecule has 0 radical (unpaired) electrons. The van der Waals surface area contributed by atoms with Crippen LogP contribution in [0.5, 0.6) is 0 Å². The van der Waals surface area contributed by atoms with Gasteiger partial charge >= 0.3 is 5.97 Å². The molecule has 2 heterocycles. The molecule has 1 atom stereocenters. The van der Waals surface area contributed by atoms with Gasteiger partial charge in [0.1, 0.15) is 18.5 Å². The normalized spacial score (nSPS) is 20.5. The first-order valence-electron chi connectivity index (χ1n) is 9.28. The first kappa shape index (κ1) is 16.8. The molecule has 26 heavy (non-hydrogen) atoms. The molecule has 1 aromatic heterocycles. The van der Waals surface area contributed by atoms with Crippen molar-refractivity contribution in [3.05, 3.63) is 53.0 Å². The molecule has 1 aliphatic heterocycles. The Balaban J connectivity index is 1.69. The van der Waals surface area contributed by atoms with Crippen LogP contribution in [0.1, 0.15) is 56.2 Å². The number of hydrogen-bond donors (Lipinski definition) is 1. The minimum atomic E-state index is -0.328. The lowest BCUT2D eigenvalue weighted by Crippen LogP contribution is -2.32. The molecule has 0 unspecified atom stereocenters. The van der Waals surface area contributed by atoms with E-state index in [4.69, 9.17) is 4.74 Å². The third kappa shape index (κ3) is 3.11. The van der Waals surface area contributed by atoms with Crippen LogP contribution < -0.4 is 5.32 Å². The fourth-order valence-corrected chi connectivity index (χ4v) is 3.81. The van der Waals surface area contributed by atoms with Crippen LogP contribution in [0.15, 0.2) is 41.9 Å². The van der Waals surface area contributed by atoms with Gasteiger partial charge in [0.25, 0.3) is 0 Å². The van der Waals surface area contributed by atoms with Crippen molar-refractivity contribution in [3.63, 3.8) is 0 Å². The number of ether oxygens (including phenoxy) is 1. The molecule has 0 amide bonds. The highest BCUT2D eigenvalue weighted by atomic mass is 16.5. The standard InChI is InChI=1S/C20H24N4O2/c1-13-8-10-15(11-9-13)18-17(14(2)23-20-21-12-22-24(18)20)19(25)26-16-6-4-3-5-7-16/h8-12,16,18H,3-7H2,1-2H3,(H,21,22,23)/t18-/m0/s1. The van der Waals surface area contributed by atoms with Gasteiger partial charge in [0.15, 0.2) is 0 Å². The smallest absolute Gasteiger partial charge is 0.338 e. The average Bonchev–Trinajstić information content (AvgIpc) is 3.10. The van der Waals surface area contributed by atoms with Crippen LogP contribution in [0.25, 0.3) is 0 Å². The van der Waals surface area contributed by atoms with E-state index in [9.17, 15) is 4.79 Å². The number of nitrogens with zero attached hydrogens (tertiary/aromatic N) is 3. The molecule has 2 aliphatic rings. The van der Waals surface area contributed by atoms with Gasteiger partial charge in [-0.1, -0.05) is 36.2 Å². The fourth-order valence-electron chi connectivity index (χ4n) is 3.81. The van der Waals surface area contributed by atoms with Crippen molar-refractivity contribution < 1.29 is 9.53 Å². The van der Waals surface area contributed by atoms with Crippen molar-refractivity contribution in [3.8, 4) is 0 Å². The van der Waals surface area contributed by atoms with Gasteiger partial charge in [-0.05, 0) is 45.1 Å². The van der Waals surface area contributed by atoms with Gasteiger partial charge in [0, 0.05) is 5.70 Å². The Morgan fingerprint density at radius 1 is 1.15 bits per heavy atom. The van der Waals surface area contributed by atoms with Crippen LogP contribution in [0.3, 0.4) is 0 Å². The first-order valence-corrected chi connectivity index (χ1v) is 9.28. The number of benzene rings is 1. The van der Waals surface area contributed by atoms with E-state index in [1.807, 2.05) is 38.1 Å². The molecule has 1 N–H and O–H groups in total. The maximum Gasteiger partial charge on any atom is 0.338 e. The maximum absolute atomic E-state index is 13.1. The number of hydrogen-bond acceptors (Lipinski definition) is 5. The predicted molar refractivity (Wildman–Crippen MR) is 98.6 cm³/mol. The quantitative estimate of drug-likeness (QED) is 0.852. The van der Waals surface area contributed by atoms with Gasteiger partial charge in [-0.25, -0.2) is 9.48 Å². The molecular formula is C20H24N4O2. The van der Waals surface area contributed by atoms with E-state index < -0.39 is 0 Å². The topological polar surface area (TPSA) is 69.0 Å². The Hall–Kier alpha value is -2.63. The van der Waals surface area contributed by atoms with Crippen LogP contribution >= 0.6 is 0 Å². The molecule has 0 spiro atoms. The van der Waals surface area contributed by atoms with E-state index in [0.717, 1.165) is 36.9 Å². The van der Waals surface area contributed by atoms with Crippen molar-refractivity contribution in [1.82, 2.24) is 14.8 Å². The summed E-state index contributed by atoms with van der Waals surface area (Å²) in [5, 5.41) is 7.54. The van der Waals surface area contributed by atoms with Crippen LogP contribution in [0.2, 0.25) is 0 Å². The Kier molecular flexibility index (Phi) is 4.49. The summed E-state index contributed by atoms with van der Waals surface area (Å²) in [6.45, 7) is 3.95. The van der Waals surface area contributed by atoms with E-state index in [1.54, 1.807) is 4.68 Å². The number of rotatable bonds is 3. The van der Waals surface area contributed by atoms with Gasteiger partial charge < -0.3 is 10.1 Å². The summed E-state index contributed by atoms with van der Waals surface area (Å²) in [7, 11) is 0. The second-order valence-electron chi connectivity index (χ2n) is 7.17. The van der Waals surface area contributed by atoms with Gasteiger partial charge in [0.2, 0.25) is 5.95 Å². The van der Waals surface area contributed by atoms with Crippen LogP contribution in [0.4, 0.5) is 5.95 Å². The third-order valence-electron chi connectivity index (χ3n) is 5.23. The summed E-state index contributed by atoms with van der Waals surface area (Å²) in [5.74, 6) is 0.385. The number of aryl methyl sites for hydroxylation is 1. The summed E-state index contributed by atoms with van der Waals surface area (Å²) < 4.78 is 7.63. The fraction of sp³-hybridized carbons (Fsp3) is 0.450. The lowest BCUT2D eigenvalue weighted by Gasteiger charge is -2.30. The van der Waals surface area contributed by atoms with Crippen LogP contribution in [-0.2, 0) is 9.53 Å². The maximum atomic E-state index is 13.1. The molecule has 1 fully saturated rings. The number of fused-ring (bicyclic) bond motifs is 1. The lowest BCUT2D eigenvalue weighted by atomic mass is 9.94. The number of carbonyl (C=O) groups is 1. The molecular weight excluding hydrogens is 328 g/mol. The van der Waals surface area contributed by atoms with E-state index >= 15 is 0 Å². The van der Waals surface area contributed by atoms with Crippen molar-refractivity contribution in [2.24, 2.45) is 0 Å². The Morgan fingerprint density at radius 2 is 1.88 bits per heavy atom. The zero-order chi connectivity index (χ0) is 18.1. The van der Waals surface area contributed by atoms with Crippen molar-refractivity contribution >= 4 is 11.9 Å². The molecule has 6 nitrogen and oxygen atoms in total. The minimum Gasteiger partial charge on any atom is -0.459 e. The highest BCUT2D eigenvalue weighted by molar-refractivity contribution is 5.92. The highest BCUT2D eigenvalue weighted by Crippen LogP contribution is 2.36. The van der Waals surface area contributed by atoms with Gasteiger partial charge in [-0.15, -0.1) is 0 Å². The number of esters is 1. The molecule has 0 saturated heterocycles. The second-order valence-corrected chi connectivity index (χ2v) is 7.17. The summed E-state index contributed by atoms with van der Waals surface area (Å²) in [4.78, 5) is 17.3. The van der Waals surface area contributed by atoms with E-state index in [1.165, 1.54) is 18.3 Å². The van der Waals surface area contributed by atoms with Crippen molar-refractivity contribution in [2.45, 2.75) is 58.1 Å². The van der Waals surface area contributed by atoms with Crippen molar-refractivity contribution in [2.75, 3.05) is 5.32 Å². The van der Waals surface area contributed by atoms with Gasteiger partial charge in [0.05, 0.1) is 5.57 Å². The number of anilines is 1. The number of carbonyl (C=O) groups excluding carboxylic acids is 1. The predicted octanol–water partition coefficient (Wildman–Crippen LogP) is 3.75. The molecule has 1 aromatic carbocycles. The number of allylic oxidation sites excluding steroid dienone is 1. The molecule has 4 rings (SSSR count). The van der Waals surface area contributed by atoms with Crippen LogP contribution in [-0.4, -0.2) is 26.8 Å². The Labute approximate surface area is 153 Å². The van der Waals surface area contributed by atoms with E-state index in [-0.39, 0.29) is 18.1 Å². The van der Waals surface area contributed by atoms with Gasteiger partial charge in [-0.2, -0.15) is 10.1 Å². The molecule has 136 valence electrons. The van der Waals surface area contributed by atoms with Crippen LogP contribution in [0, 0.1) is 6.92 Å². The molecule has 1 aliphatic carbocycles. The summed E-state index contributed by atoms with van der Waals surface area (Å²) in [6.07, 6.45) is 6.92. The summed E-state index contributed by atoms with van der Waals surface area (Å²) in [6, 6.07) is 7.85. The molecule has 6 heteroatoms. The van der Waals surface area contributed by atoms with E-state index in [2.05, 4.69) is 15.4 Å².